The van der Waals surface area contributed by atoms with Crippen molar-refractivity contribution in [3.63, 3.8) is 0 Å². The van der Waals surface area contributed by atoms with Gasteiger partial charge in [-0.15, -0.1) is 11.3 Å². The molecule has 8 nitrogen and oxygen atoms in total. The number of thiazole rings is 1. The first-order chi connectivity index (χ1) is 16.4. The van der Waals surface area contributed by atoms with E-state index in [9.17, 15) is 17.6 Å². The largest absolute Gasteiger partial charge is 0.369 e. The lowest BCUT2D eigenvalue weighted by atomic mass is 10.2. The van der Waals surface area contributed by atoms with E-state index in [0.29, 0.717) is 26.2 Å². The van der Waals surface area contributed by atoms with E-state index < -0.39 is 10.0 Å². The highest BCUT2D eigenvalue weighted by Gasteiger charge is 2.29. The van der Waals surface area contributed by atoms with Crippen LogP contribution >= 0.6 is 11.3 Å². The van der Waals surface area contributed by atoms with E-state index >= 15 is 0 Å². The zero-order chi connectivity index (χ0) is 23.7. The standard InChI is InChI=1S/C23H22FN5O3S2/c24-18-4-6-20(7-5-18)27-8-10-29(11-9-27)34(31,32)21-3-1-2-17(14-21)22(30)25-15-19-16-28-12-13-33-23(28)26-19/h1-7,12-14,16H,8-11,15H2,(H,25,30). The van der Waals surface area contributed by atoms with Crippen molar-refractivity contribution in [2.45, 2.75) is 11.4 Å². The van der Waals surface area contributed by atoms with Crippen LogP contribution in [0.2, 0.25) is 0 Å². The van der Waals surface area contributed by atoms with E-state index in [4.69, 9.17) is 0 Å². The number of aromatic nitrogens is 2. The van der Waals surface area contributed by atoms with Crippen molar-refractivity contribution in [3.05, 3.63) is 83.4 Å². The molecule has 5 rings (SSSR count). The van der Waals surface area contributed by atoms with Crippen LogP contribution in [0, 0.1) is 5.82 Å². The van der Waals surface area contributed by atoms with E-state index in [-0.39, 0.29) is 28.7 Å². The highest BCUT2D eigenvalue weighted by atomic mass is 32.2. The number of carbonyl (C=O) groups excluding carboxylic acids is 1. The second-order valence-electron chi connectivity index (χ2n) is 7.90. The number of sulfonamides is 1. The Bertz CT molecular complexity index is 1400. The van der Waals surface area contributed by atoms with Gasteiger partial charge >= 0.3 is 0 Å². The molecule has 1 N–H and O–H groups in total. The summed E-state index contributed by atoms with van der Waals surface area (Å²) in [6.07, 6.45) is 3.74. The number of rotatable bonds is 6. The van der Waals surface area contributed by atoms with Crippen LogP contribution in [0.25, 0.3) is 4.96 Å². The van der Waals surface area contributed by atoms with Crippen molar-refractivity contribution in [1.82, 2.24) is 19.0 Å². The molecule has 3 heterocycles. The normalized spacial score (nSPS) is 15.0. The SMILES string of the molecule is O=C(NCc1cn2ccsc2n1)c1cccc(S(=O)(=O)N2CCN(c3ccc(F)cc3)CC2)c1. The van der Waals surface area contributed by atoms with Gasteiger partial charge in [0, 0.05) is 55.2 Å². The first kappa shape index (κ1) is 22.5. The number of fused-ring (bicyclic) bond motifs is 1. The van der Waals surface area contributed by atoms with Crippen molar-refractivity contribution in [2.75, 3.05) is 31.1 Å². The molecule has 34 heavy (non-hydrogen) atoms. The van der Waals surface area contributed by atoms with Crippen molar-refractivity contribution in [2.24, 2.45) is 0 Å². The predicted molar refractivity (Wildman–Crippen MR) is 128 cm³/mol. The van der Waals surface area contributed by atoms with Gasteiger partial charge in [0.1, 0.15) is 5.82 Å². The highest BCUT2D eigenvalue weighted by Crippen LogP contribution is 2.22. The number of anilines is 1. The van der Waals surface area contributed by atoms with Crippen LogP contribution in [0.4, 0.5) is 10.1 Å². The van der Waals surface area contributed by atoms with Gasteiger partial charge < -0.3 is 10.2 Å². The van der Waals surface area contributed by atoms with Crippen molar-refractivity contribution >= 4 is 37.9 Å². The number of halogens is 1. The number of nitrogens with one attached hydrogen (secondary N) is 1. The van der Waals surface area contributed by atoms with Crippen LogP contribution < -0.4 is 10.2 Å². The minimum absolute atomic E-state index is 0.0814. The van der Waals surface area contributed by atoms with Crippen LogP contribution in [-0.4, -0.2) is 54.2 Å². The smallest absolute Gasteiger partial charge is 0.251 e. The number of amides is 1. The molecule has 0 aliphatic carbocycles. The third-order valence-electron chi connectivity index (χ3n) is 5.74. The van der Waals surface area contributed by atoms with E-state index in [1.807, 2.05) is 27.1 Å². The Morgan fingerprint density at radius 3 is 2.59 bits per heavy atom. The van der Waals surface area contributed by atoms with Gasteiger partial charge in [-0.1, -0.05) is 6.07 Å². The number of nitrogens with zero attached hydrogens (tertiary/aromatic N) is 4. The van der Waals surface area contributed by atoms with E-state index in [2.05, 4.69) is 10.3 Å². The van der Waals surface area contributed by atoms with Gasteiger partial charge in [0.05, 0.1) is 17.1 Å². The minimum atomic E-state index is -3.75. The van der Waals surface area contributed by atoms with Crippen LogP contribution in [0.15, 0.2) is 71.2 Å². The molecule has 1 saturated heterocycles. The van der Waals surface area contributed by atoms with E-state index in [1.54, 1.807) is 24.3 Å². The van der Waals surface area contributed by atoms with Gasteiger partial charge in [-0.3, -0.25) is 9.20 Å². The average Bonchev–Trinajstić information content (AvgIpc) is 3.45. The van der Waals surface area contributed by atoms with Crippen molar-refractivity contribution in [3.8, 4) is 0 Å². The number of benzene rings is 2. The van der Waals surface area contributed by atoms with Gasteiger partial charge in [0.15, 0.2) is 4.96 Å². The molecule has 1 aliphatic heterocycles. The molecule has 2 aromatic carbocycles. The molecule has 0 unspecified atom stereocenters. The van der Waals surface area contributed by atoms with Gasteiger partial charge in [-0.2, -0.15) is 4.31 Å². The van der Waals surface area contributed by atoms with Crippen LogP contribution in [-0.2, 0) is 16.6 Å². The lowest BCUT2D eigenvalue weighted by molar-refractivity contribution is 0.0950. The molecule has 4 aromatic rings. The molecule has 0 spiro atoms. The van der Waals surface area contributed by atoms with Crippen molar-refractivity contribution in [1.29, 1.82) is 0 Å². The Balaban J connectivity index is 1.24. The first-order valence-electron chi connectivity index (χ1n) is 10.7. The Labute approximate surface area is 200 Å². The summed E-state index contributed by atoms with van der Waals surface area (Å²) in [7, 11) is -3.75. The maximum absolute atomic E-state index is 13.2. The molecule has 2 aromatic heterocycles. The summed E-state index contributed by atoms with van der Waals surface area (Å²) >= 11 is 1.51. The molecule has 176 valence electrons. The Kier molecular flexibility index (Phi) is 6.07. The second kappa shape index (κ2) is 9.16. The second-order valence-corrected chi connectivity index (χ2v) is 10.7. The maximum Gasteiger partial charge on any atom is 0.251 e. The van der Waals surface area contributed by atoms with Gasteiger partial charge in [-0.05, 0) is 42.5 Å². The molecule has 1 aliphatic rings. The highest BCUT2D eigenvalue weighted by molar-refractivity contribution is 7.89. The Morgan fingerprint density at radius 1 is 1.09 bits per heavy atom. The number of imidazole rings is 1. The zero-order valence-corrected chi connectivity index (χ0v) is 19.7. The molecular formula is C23H22FN5O3S2. The number of hydrogen-bond acceptors (Lipinski definition) is 6. The number of carbonyl (C=O) groups is 1. The fourth-order valence-corrected chi connectivity index (χ4v) is 6.11. The summed E-state index contributed by atoms with van der Waals surface area (Å²) in [6, 6.07) is 12.2. The molecule has 11 heteroatoms. The average molecular weight is 500 g/mol. The van der Waals surface area contributed by atoms with Crippen LogP contribution in [0.1, 0.15) is 16.1 Å². The summed E-state index contributed by atoms with van der Waals surface area (Å²) in [4.78, 5) is 20.0. The van der Waals surface area contributed by atoms with Crippen LogP contribution in [0.5, 0.6) is 0 Å². The topological polar surface area (TPSA) is 87.0 Å². The summed E-state index contributed by atoms with van der Waals surface area (Å²) in [6.45, 7) is 1.83. The minimum Gasteiger partial charge on any atom is -0.369 e. The van der Waals surface area contributed by atoms with E-state index in [0.717, 1.165) is 16.3 Å². The predicted octanol–water partition coefficient (Wildman–Crippen LogP) is 2.98. The Hall–Kier alpha value is -3.28. The van der Waals surface area contributed by atoms with E-state index in [1.165, 1.54) is 39.9 Å². The summed E-state index contributed by atoms with van der Waals surface area (Å²) < 4.78 is 42.9. The molecule has 1 amide bonds. The molecular weight excluding hydrogens is 477 g/mol. The first-order valence-corrected chi connectivity index (χ1v) is 13.0. The number of piperazine rings is 1. The van der Waals surface area contributed by atoms with Crippen LogP contribution in [0.3, 0.4) is 0 Å². The molecule has 1 fully saturated rings. The summed E-state index contributed by atoms with van der Waals surface area (Å²) in [5.41, 5.74) is 1.85. The molecule has 0 bridgehead atoms. The lowest BCUT2D eigenvalue weighted by Gasteiger charge is -2.35. The monoisotopic (exact) mass is 499 g/mol. The van der Waals surface area contributed by atoms with Gasteiger partial charge in [0.2, 0.25) is 10.0 Å². The summed E-state index contributed by atoms with van der Waals surface area (Å²) in [5.74, 6) is -0.673. The Morgan fingerprint density at radius 2 is 1.85 bits per heavy atom. The van der Waals surface area contributed by atoms with Gasteiger partial charge in [-0.25, -0.2) is 17.8 Å². The molecule has 0 atom stereocenters. The quantitative estimate of drug-likeness (QED) is 0.441. The zero-order valence-electron chi connectivity index (χ0n) is 18.1. The summed E-state index contributed by atoms with van der Waals surface area (Å²) in [5, 5.41) is 4.73. The number of hydrogen-bond donors (Lipinski definition) is 1. The van der Waals surface area contributed by atoms with Gasteiger partial charge in [0.25, 0.3) is 5.91 Å². The molecule has 0 radical (unpaired) electrons. The lowest BCUT2D eigenvalue weighted by Crippen LogP contribution is -2.48. The third kappa shape index (κ3) is 4.54. The fraction of sp³-hybridized carbons (Fsp3) is 0.217. The molecule has 0 saturated carbocycles. The maximum atomic E-state index is 13.2. The fourth-order valence-electron chi connectivity index (χ4n) is 3.92. The van der Waals surface area contributed by atoms with Crippen molar-refractivity contribution < 1.29 is 17.6 Å². The third-order valence-corrected chi connectivity index (χ3v) is 8.40.